The van der Waals surface area contributed by atoms with Gasteiger partial charge in [-0.25, -0.2) is 9.78 Å². The second kappa shape index (κ2) is 11.0. The number of nitrogens with two attached hydrogens (primary N) is 1. The van der Waals surface area contributed by atoms with Crippen molar-refractivity contribution < 1.29 is 19.1 Å². The highest BCUT2D eigenvalue weighted by molar-refractivity contribution is 7.13. The van der Waals surface area contributed by atoms with E-state index in [1.807, 2.05) is 6.07 Å². The number of carbonyl (C=O) groups excluding carboxylic acids is 3. The number of halogens is 1. The second-order valence-corrected chi connectivity index (χ2v) is 11.4. The number of carbonyl (C=O) groups is 3. The number of nitrogens with one attached hydrogen (secondary N) is 3. The maximum atomic E-state index is 13.7. The fraction of sp³-hybridized carbons (Fsp3) is 0.462. The molecule has 2 aromatic heterocycles. The van der Waals surface area contributed by atoms with Crippen molar-refractivity contribution in [2.75, 3.05) is 26.7 Å². The third-order valence-electron chi connectivity index (χ3n) is 7.40. The van der Waals surface area contributed by atoms with Crippen LogP contribution in [0.1, 0.15) is 56.5 Å². The number of H-pyrrole nitrogens is 1. The van der Waals surface area contributed by atoms with Crippen LogP contribution in [0.4, 0.5) is 4.79 Å². The molecule has 12 heteroatoms. The standard InChI is InChI=1S/C26H31ClN6O4S/c1-37-25(36)29-9-11-33-10-7-18-20(14-33)38-24(31-18)23(35)32-21-4-2-3-8-26(21,28)22(34)19-13-15-12-16(27)5-6-17(15)30-19/h5-6,12-13,21,30H,2-4,7-11,14,28H2,1H3,(H,29,36)(H,32,35). The van der Waals surface area contributed by atoms with Crippen molar-refractivity contribution in [2.45, 2.75) is 50.2 Å². The van der Waals surface area contributed by atoms with Gasteiger partial charge in [-0.2, -0.15) is 0 Å². The lowest BCUT2D eigenvalue weighted by atomic mass is 9.74. The molecule has 1 aliphatic heterocycles. The molecular weight excluding hydrogens is 528 g/mol. The molecule has 1 aliphatic carbocycles. The molecule has 0 spiro atoms. The summed E-state index contributed by atoms with van der Waals surface area (Å²) in [6, 6.07) is 6.66. The smallest absolute Gasteiger partial charge is 0.406 e. The Labute approximate surface area is 229 Å². The molecule has 1 aromatic carbocycles. The molecule has 38 heavy (non-hydrogen) atoms. The molecule has 202 valence electrons. The number of aromatic nitrogens is 2. The molecule has 2 amide bonds. The lowest BCUT2D eigenvalue weighted by Crippen LogP contribution is -2.64. The Morgan fingerprint density at radius 3 is 2.97 bits per heavy atom. The number of hydrogen-bond acceptors (Lipinski definition) is 8. The normalized spacial score (nSPS) is 21.6. The number of benzene rings is 1. The number of aromatic amines is 1. The number of Topliss-reactive ketones (excluding diaryl/α,β-unsaturated/α-hetero) is 1. The number of nitrogens with zero attached hydrogens (tertiary/aromatic N) is 2. The summed E-state index contributed by atoms with van der Waals surface area (Å²) in [4.78, 5) is 49.2. The highest BCUT2D eigenvalue weighted by Crippen LogP contribution is 2.32. The quantitative estimate of drug-likeness (QED) is 0.326. The van der Waals surface area contributed by atoms with Gasteiger partial charge in [0, 0.05) is 53.4 Å². The van der Waals surface area contributed by atoms with Crippen LogP contribution in [-0.4, -0.2) is 71.0 Å². The van der Waals surface area contributed by atoms with Crippen molar-refractivity contribution in [1.29, 1.82) is 0 Å². The number of ether oxygens (including phenoxy) is 1. The molecule has 2 unspecified atom stereocenters. The number of rotatable bonds is 7. The van der Waals surface area contributed by atoms with Gasteiger partial charge in [-0.1, -0.05) is 24.4 Å². The third kappa shape index (κ3) is 5.42. The SMILES string of the molecule is COC(=O)NCCN1CCc2nc(C(=O)NC3CCCCC3(N)C(=O)c3cc4cc(Cl)ccc4[nH]3)sc2C1. The first-order valence-electron chi connectivity index (χ1n) is 12.7. The van der Waals surface area contributed by atoms with Crippen molar-refractivity contribution in [2.24, 2.45) is 5.73 Å². The summed E-state index contributed by atoms with van der Waals surface area (Å²) in [5, 5.41) is 7.54. The van der Waals surface area contributed by atoms with E-state index in [4.69, 9.17) is 17.3 Å². The molecule has 5 rings (SSSR count). The van der Waals surface area contributed by atoms with Gasteiger partial charge in [-0.3, -0.25) is 14.5 Å². The lowest BCUT2D eigenvalue weighted by molar-refractivity contribution is 0.0755. The van der Waals surface area contributed by atoms with Crippen molar-refractivity contribution in [3.63, 3.8) is 0 Å². The molecule has 2 aliphatic rings. The number of ketones is 1. The largest absolute Gasteiger partial charge is 0.453 e. The number of thiazole rings is 1. The molecule has 5 N–H and O–H groups in total. The Kier molecular flexibility index (Phi) is 7.71. The van der Waals surface area contributed by atoms with Gasteiger partial charge in [0.15, 0.2) is 5.01 Å². The van der Waals surface area contributed by atoms with Crippen LogP contribution in [0, 0.1) is 0 Å². The van der Waals surface area contributed by atoms with E-state index < -0.39 is 17.7 Å². The van der Waals surface area contributed by atoms with Crippen molar-refractivity contribution >= 4 is 51.6 Å². The molecule has 2 atom stereocenters. The van der Waals surface area contributed by atoms with Gasteiger partial charge < -0.3 is 26.1 Å². The highest BCUT2D eigenvalue weighted by atomic mass is 35.5. The van der Waals surface area contributed by atoms with E-state index in [0.29, 0.717) is 48.2 Å². The fourth-order valence-corrected chi connectivity index (χ4v) is 6.53. The van der Waals surface area contributed by atoms with Crippen molar-refractivity contribution in [3.05, 3.63) is 50.6 Å². The first kappa shape index (κ1) is 26.6. The molecule has 1 saturated carbocycles. The topological polar surface area (TPSA) is 142 Å². The Hall–Kier alpha value is -2.99. The van der Waals surface area contributed by atoms with Gasteiger partial charge in [-0.05, 0) is 37.1 Å². The average Bonchev–Trinajstić information content (AvgIpc) is 3.53. The zero-order valence-corrected chi connectivity index (χ0v) is 22.7. The zero-order valence-electron chi connectivity index (χ0n) is 21.1. The number of methoxy groups -OCH3 is 1. The third-order valence-corrected chi connectivity index (χ3v) is 8.71. The summed E-state index contributed by atoms with van der Waals surface area (Å²) < 4.78 is 4.60. The summed E-state index contributed by atoms with van der Waals surface area (Å²) in [5.41, 5.74) is 7.70. The van der Waals surface area contributed by atoms with Gasteiger partial charge >= 0.3 is 6.09 Å². The second-order valence-electron chi connectivity index (χ2n) is 9.89. The minimum atomic E-state index is -1.22. The van der Waals surface area contributed by atoms with Crippen molar-refractivity contribution in [3.8, 4) is 0 Å². The van der Waals surface area contributed by atoms with Crippen LogP contribution in [0.25, 0.3) is 10.9 Å². The van der Waals surface area contributed by atoms with Crippen molar-refractivity contribution in [1.82, 2.24) is 25.5 Å². The van der Waals surface area contributed by atoms with Gasteiger partial charge in [0.1, 0.15) is 5.54 Å². The molecule has 3 aromatic rings. The van der Waals surface area contributed by atoms with Crippen LogP contribution in [-0.2, 0) is 17.7 Å². The summed E-state index contributed by atoms with van der Waals surface area (Å²) in [7, 11) is 1.34. The summed E-state index contributed by atoms with van der Waals surface area (Å²) in [5.74, 6) is -0.522. The molecular formula is C26H31ClN6O4S. The molecule has 10 nitrogen and oxygen atoms in total. The van der Waals surface area contributed by atoms with Gasteiger partial charge in [0.05, 0.1) is 24.5 Å². The van der Waals surface area contributed by atoms with Crippen LogP contribution in [0.15, 0.2) is 24.3 Å². The van der Waals surface area contributed by atoms with Crippen LogP contribution >= 0.6 is 22.9 Å². The number of amides is 2. The van der Waals surface area contributed by atoms with Gasteiger partial charge in [0.2, 0.25) is 5.78 Å². The van der Waals surface area contributed by atoms with Gasteiger partial charge in [-0.15, -0.1) is 11.3 Å². The summed E-state index contributed by atoms with van der Waals surface area (Å²) in [6.07, 6.45) is 3.06. The predicted molar refractivity (Wildman–Crippen MR) is 146 cm³/mol. The molecule has 0 bridgehead atoms. The predicted octanol–water partition coefficient (Wildman–Crippen LogP) is 3.24. The molecule has 0 radical (unpaired) electrons. The first-order valence-corrected chi connectivity index (χ1v) is 13.9. The van der Waals surface area contributed by atoms with E-state index in [-0.39, 0.29) is 11.7 Å². The summed E-state index contributed by atoms with van der Waals surface area (Å²) in [6.45, 7) is 2.61. The van der Waals surface area contributed by atoms with Gasteiger partial charge in [0.25, 0.3) is 5.91 Å². The number of alkyl carbamates (subject to hydrolysis) is 1. The minimum Gasteiger partial charge on any atom is -0.453 e. The maximum Gasteiger partial charge on any atom is 0.406 e. The monoisotopic (exact) mass is 558 g/mol. The Balaban J connectivity index is 1.27. The number of fused-ring (bicyclic) bond motifs is 2. The van der Waals surface area contributed by atoms with E-state index >= 15 is 0 Å². The highest BCUT2D eigenvalue weighted by Gasteiger charge is 2.45. The number of hydrogen-bond donors (Lipinski definition) is 4. The maximum absolute atomic E-state index is 13.7. The average molecular weight is 559 g/mol. The lowest BCUT2D eigenvalue weighted by Gasteiger charge is -2.39. The minimum absolute atomic E-state index is 0.218. The molecule has 0 saturated heterocycles. The Morgan fingerprint density at radius 1 is 1.32 bits per heavy atom. The van der Waals surface area contributed by atoms with E-state index in [2.05, 4.69) is 30.2 Å². The first-order chi connectivity index (χ1) is 18.3. The van der Waals surface area contributed by atoms with E-state index in [1.54, 1.807) is 18.2 Å². The van der Waals surface area contributed by atoms with Crippen LogP contribution in [0.3, 0.4) is 0 Å². The Bertz CT molecular complexity index is 1370. The Morgan fingerprint density at radius 2 is 2.16 bits per heavy atom. The van der Waals surface area contributed by atoms with E-state index in [1.165, 1.54) is 18.4 Å². The zero-order chi connectivity index (χ0) is 26.9. The van der Waals surface area contributed by atoms with Crippen LogP contribution < -0.4 is 16.4 Å². The summed E-state index contributed by atoms with van der Waals surface area (Å²) >= 11 is 7.48. The van der Waals surface area contributed by atoms with Crippen LogP contribution in [0.2, 0.25) is 5.02 Å². The van der Waals surface area contributed by atoms with E-state index in [0.717, 1.165) is 47.3 Å². The molecule has 3 heterocycles. The van der Waals surface area contributed by atoms with E-state index in [9.17, 15) is 14.4 Å². The molecule has 1 fully saturated rings. The van der Waals surface area contributed by atoms with Crippen LogP contribution in [0.5, 0.6) is 0 Å². The fourth-order valence-electron chi connectivity index (χ4n) is 5.29.